The monoisotopic (exact) mass is 402 g/mol. The molecule has 0 aromatic heterocycles. The molecule has 3 rings (SSSR count). The lowest BCUT2D eigenvalue weighted by Crippen LogP contribution is -2.32. The number of hydrogen-bond donors (Lipinski definition) is 2. The van der Waals surface area contributed by atoms with Crippen molar-refractivity contribution in [2.24, 2.45) is 0 Å². The van der Waals surface area contributed by atoms with E-state index in [9.17, 15) is 18.3 Å². The summed E-state index contributed by atoms with van der Waals surface area (Å²) < 4.78 is 27.1. The molecule has 2 aromatic rings. The predicted octanol–water partition coefficient (Wildman–Crippen LogP) is 2.93. The molecule has 0 radical (unpaired) electrons. The third-order valence-electron chi connectivity index (χ3n) is 4.93. The Bertz CT molecular complexity index is 902. The summed E-state index contributed by atoms with van der Waals surface area (Å²) >= 11 is 0. The summed E-state index contributed by atoms with van der Waals surface area (Å²) in [5.74, 6) is -0.0519. The van der Waals surface area contributed by atoms with Gasteiger partial charge in [0.05, 0.1) is 4.90 Å². The fourth-order valence-corrected chi connectivity index (χ4v) is 4.86. The minimum atomic E-state index is -3.51. The van der Waals surface area contributed by atoms with Crippen LogP contribution in [0.2, 0.25) is 0 Å². The normalized spacial score (nSPS) is 15.7. The summed E-state index contributed by atoms with van der Waals surface area (Å²) in [4.78, 5) is 12.5. The molecular weight excluding hydrogens is 376 g/mol. The van der Waals surface area contributed by atoms with Gasteiger partial charge in [-0.15, -0.1) is 0 Å². The van der Waals surface area contributed by atoms with Gasteiger partial charge in [-0.1, -0.05) is 25.0 Å². The highest BCUT2D eigenvalue weighted by atomic mass is 32.2. The second-order valence-corrected chi connectivity index (χ2v) is 8.96. The second-order valence-electron chi connectivity index (χ2n) is 7.02. The van der Waals surface area contributed by atoms with E-state index in [1.54, 1.807) is 34.6 Å². The fourth-order valence-electron chi connectivity index (χ4n) is 3.34. The van der Waals surface area contributed by atoms with E-state index in [0.717, 1.165) is 31.2 Å². The van der Waals surface area contributed by atoms with E-state index in [1.807, 2.05) is 6.07 Å². The molecule has 1 heterocycles. The van der Waals surface area contributed by atoms with Crippen LogP contribution in [0.25, 0.3) is 0 Å². The number of phenols is 1. The minimum absolute atomic E-state index is 0.199. The van der Waals surface area contributed by atoms with Gasteiger partial charge in [-0.05, 0) is 61.2 Å². The van der Waals surface area contributed by atoms with Crippen LogP contribution in [0.1, 0.15) is 41.6 Å². The first-order valence-corrected chi connectivity index (χ1v) is 11.1. The first-order valence-electron chi connectivity index (χ1n) is 9.63. The quantitative estimate of drug-likeness (QED) is 0.778. The third kappa shape index (κ3) is 5.11. The van der Waals surface area contributed by atoms with Crippen LogP contribution in [0.5, 0.6) is 5.75 Å². The van der Waals surface area contributed by atoms with Gasteiger partial charge in [0.2, 0.25) is 10.0 Å². The molecule has 0 saturated carbocycles. The van der Waals surface area contributed by atoms with Crippen molar-refractivity contribution in [3.63, 3.8) is 0 Å². The Hall–Kier alpha value is -2.38. The number of sulfonamides is 1. The zero-order chi connectivity index (χ0) is 20.0. The first-order chi connectivity index (χ1) is 13.5. The molecule has 0 spiro atoms. The van der Waals surface area contributed by atoms with Gasteiger partial charge in [0, 0.05) is 25.2 Å². The van der Waals surface area contributed by atoms with Gasteiger partial charge in [0.15, 0.2) is 0 Å². The highest BCUT2D eigenvalue weighted by molar-refractivity contribution is 7.89. The van der Waals surface area contributed by atoms with Crippen molar-refractivity contribution in [2.75, 3.05) is 19.6 Å². The molecule has 2 N–H and O–H groups in total. The maximum absolute atomic E-state index is 12.8. The van der Waals surface area contributed by atoms with Gasteiger partial charge in [-0.25, -0.2) is 8.42 Å². The number of carbonyl (C=O) groups excluding carboxylic acids is 1. The Balaban J connectivity index is 1.59. The Kier molecular flexibility index (Phi) is 6.70. The van der Waals surface area contributed by atoms with Crippen molar-refractivity contribution in [2.45, 2.75) is 37.0 Å². The lowest BCUT2D eigenvalue weighted by molar-refractivity contribution is 0.0954. The largest absolute Gasteiger partial charge is 0.508 e. The van der Waals surface area contributed by atoms with Crippen LogP contribution in [0, 0.1) is 0 Å². The molecule has 7 heteroatoms. The Morgan fingerprint density at radius 1 is 1.00 bits per heavy atom. The van der Waals surface area contributed by atoms with Gasteiger partial charge < -0.3 is 10.4 Å². The molecule has 1 saturated heterocycles. The molecule has 6 nitrogen and oxygen atoms in total. The van der Waals surface area contributed by atoms with E-state index in [0.29, 0.717) is 31.6 Å². The topological polar surface area (TPSA) is 86.7 Å². The standard InChI is InChI=1S/C21H26N2O4S/c24-19-7-5-6-17(16-19)12-13-22-21(25)18-8-10-20(11-9-18)28(26,27)23-14-3-1-2-4-15-23/h5-11,16,24H,1-4,12-15H2,(H,22,25). The summed E-state index contributed by atoms with van der Waals surface area (Å²) in [7, 11) is -3.51. The maximum Gasteiger partial charge on any atom is 0.251 e. The predicted molar refractivity (Wildman–Crippen MR) is 108 cm³/mol. The van der Waals surface area contributed by atoms with Crippen LogP contribution in [-0.4, -0.2) is 43.4 Å². The molecule has 1 amide bonds. The Morgan fingerprint density at radius 3 is 2.32 bits per heavy atom. The van der Waals surface area contributed by atoms with Crippen LogP contribution in [0.3, 0.4) is 0 Å². The zero-order valence-electron chi connectivity index (χ0n) is 15.8. The molecule has 2 aromatic carbocycles. The van der Waals surface area contributed by atoms with Gasteiger partial charge in [0.25, 0.3) is 5.91 Å². The summed E-state index contributed by atoms with van der Waals surface area (Å²) in [6, 6.07) is 13.0. The van der Waals surface area contributed by atoms with E-state index in [1.165, 1.54) is 12.1 Å². The molecule has 28 heavy (non-hydrogen) atoms. The average molecular weight is 403 g/mol. The summed E-state index contributed by atoms with van der Waals surface area (Å²) in [6.45, 7) is 1.54. The highest BCUT2D eigenvalue weighted by Crippen LogP contribution is 2.20. The van der Waals surface area contributed by atoms with Gasteiger partial charge >= 0.3 is 0 Å². The van der Waals surface area contributed by atoms with Crippen LogP contribution < -0.4 is 5.32 Å². The number of rotatable bonds is 6. The van der Waals surface area contributed by atoms with Crippen LogP contribution in [0.15, 0.2) is 53.4 Å². The number of nitrogens with one attached hydrogen (secondary N) is 1. The summed E-state index contributed by atoms with van der Waals surface area (Å²) in [5.41, 5.74) is 1.35. The van der Waals surface area contributed by atoms with Crippen molar-refractivity contribution < 1.29 is 18.3 Å². The van der Waals surface area contributed by atoms with Crippen LogP contribution in [-0.2, 0) is 16.4 Å². The lowest BCUT2D eigenvalue weighted by atomic mass is 10.1. The molecule has 1 aliphatic heterocycles. The molecule has 1 aliphatic rings. The number of benzene rings is 2. The minimum Gasteiger partial charge on any atom is -0.508 e. The van der Waals surface area contributed by atoms with Crippen molar-refractivity contribution in [1.82, 2.24) is 9.62 Å². The summed E-state index contributed by atoms with van der Waals surface area (Å²) in [6.07, 6.45) is 4.50. The average Bonchev–Trinajstić information content (AvgIpc) is 2.98. The van der Waals surface area contributed by atoms with E-state index in [2.05, 4.69) is 5.32 Å². The van der Waals surface area contributed by atoms with Crippen molar-refractivity contribution >= 4 is 15.9 Å². The molecule has 0 atom stereocenters. The smallest absolute Gasteiger partial charge is 0.251 e. The number of phenolic OH excluding ortho intramolecular Hbond substituents is 1. The first kappa shape index (κ1) is 20.4. The van der Waals surface area contributed by atoms with Crippen LogP contribution in [0.4, 0.5) is 0 Å². The van der Waals surface area contributed by atoms with Gasteiger partial charge in [-0.3, -0.25) is 4.79 Å². The Morgan fingerprint density at radius 2 is 1.68 bits per heavy atom. The zero-order valence-corrected chi connectivity index (χ0v) is 16.6. The van der Waals surface area contributed by atoms with E-state index < -0.39 is 10.0 Å². The van der Waals surface area contributed by atoms with E-state index in [-0.39, 0.29) is 16.6 Å². The molecular formula is C21H26N2O4S. The number of amides is 1. The van der Waals surface area contributed by atoms with Crippen LogP contribution >= 0.6 is 0 Å². The van der Waals surface area contributed by atoms with Crippen molar-refractivity contribution in [1.29, 1.82) is 0 Å². The summed E-state index contributed by atoms with van der Waals surface area (Å²) in [5, 5.41) is 12.3. The molecule has 1 fully saturated rings. The Labute approximate surface area is 166 Å². The maximum atomic E-state index is 12.8. The van der Waals surface area contributed by atoms with E-state index >= 15 is 0 Å². The molecule has 150 valence electrons. The van der Waals surface area contributed by atoms with Crippen molar-refractivity contribution in [3.05, 3.63) is 59.7 Å². The SMILES string of the molecule is O=C(NCCc1cccc(O)c1)c1ccc(S(=O)(=O)N2CCCCCC2)cc1. The number of hydrogen-bond acceptors (Lipinski definition) is 4. The molecule has 0 aliphatic carbocycles. The third-order valence-corrected chi connectivity index (χ3v) is 6.84. The molecule has 0 bridgehead atoms. The number of nitrogens with zero attached hydrogens (tertiary/aromatic N) is 1. The van der Waals surface area contributed by atoms with Crippen molar-refractivity contribution in [3.8, 4) is 5.75 Å². The second kappa shape index (κ2) is 9.21. The van der Waals surface area contributed by atoms with Gasteiger partial charge in [0.1, 0.15) is 5.75 Å². The van der Waals surface area contributed by atoms with E-state index in [4.69, 9.17) is 0 Å². The molecule has 0 unspecified atom stereocenters. The number of aromatic hydroxyl groups is 1. The number of carbonyl (C=O) groups is 1. The van der Waals surface area contributed by atoms with Gasteiger partial charge in [-0.2, -0.15) is 4.31 Å². The highest BCUT2D eigenvalue weighted by Gasteiger charge is 2.25. The fraction of sp³-hybridized carbons (Fsp3) is 0.381. The lowest BCUT2D eigenvalue weighted by Gasteiger charge is -2.20.